The molecule has 292 valence electrons. The van der Waals surface area contributed by atoms with Gasteiger partial charge < -0.3 is 0 Å². The van der Waals surface area contributed by atoms with Gasteiger partial charge in [-0.15, -0.1) is 0 Å². The van der Waals surface area contributed by atoms with Gasteiger partial charge in [-0.05, 0) is 0 Å². The molecule has 2 amide bonds. The van der Waals surface area contributed by atoms with Crippen LogP contribution in [0.3, 0.4) is 0 Å². The molecule has 0 spiro atoms. The number of carbonyl (C=O) groups is 2. The van der Waals surface area contributed by atoms with Crippen molar-refractivity contribution in [2.75, 3.05) is 23.8 Å². The summed E-state index contributed by atoms with van der Waals surface area (Å²) in [4.78, 5) is 27.8. The topological polar surface area (TPSA) is 76.7 Å². The van der Waals surface area contributed by atoms with Crippen molar-refractivity contribution in [1.29, 1.82) is 0 Å². The first-order chi connectivity index (χ1) is 27.8. The molecule has 2 heterocycles. The van der Waals surface area contributed by atoms with Gasteiger partial charge in [0, 0.05) is 0 Å². The molecule has 4 aliphatic rings. The van der Waals surface area contributed by atoms with E-state index in [9.17, 15) is 9.59 Å². The molecule has 11 heteroatoms. The van der Waals surface area contributed by atoms with Gasteiger partial charge in [0.15, 0.2) is 0 Å². The normalized spacial score (nSPS) is 18.9. The van der Waals surface area contributed by atoms with E-state index in [4.69, 9.17) is 9.47 Å². The summed E-state index contributed by atoms with van der Waals surface area (Å²) < 4.78 is 80.1. The number of nitrogens with one attached hydrogen (secondary N) is 2. The number of hydrogen-bond acceptors (Lipinski definition) is 4. The Morgan fingerprint density at radius 1 is 0.614 bits per heavy atom. The molecule has 6 nitrogen and oxygen atoms in total. The van der Waals surface area contributed by atoms with Crippen LogP contribution in [0.25, 0.3) is 0 Å². The zero-order chi connectivity index (χ0) is 39.5. The van der Waals surface area contributed by atoms with E-state index < -0.39 is 59.4 Å². The van der Waals surface area contributed by atoms with Crippen molar-refractivity contribution in [2.24, 2.45) is 0 Å². The predicted octanol–water partition coefficient (Wildman–Crippen LogP) is 8.98. The molecule has 2 N–H and O–H groups in total. The molecule has 2 aliphatic carbocycles. The summed E-state index contributed by atoms with van der Waals surface area (Å²) in [6.45, 7) is 1.29. The van der Waals surface area contributed by atoms with E-state index in [0.29, 0.717) is 44.9 Å². The van der Waals surface area contributed by atoms with Crippen molar-refractivity contribution >= 4 is 30.9 Å². The molecule has 2 saturated heterocycles. The van der Waals surface area contributed by atoms with Gasteiger partial charge >= 0.3 is 334 Å². The number of halogens is 4. The third-order valence-electron chi connectivity index (χ3n) is 11.4. The quantitative estimate of drug-likeness (QED) is 0.111. The molecule has 0 aromatic heterocycles. The van der Waals surface area contributed by atoms with Crippen LogP contribution in [0.15, 0.2) is 117 Å². The molecule has 4 aromatic carbocycles. The van der Waals surface area contributed by atoms with Crippen LogP contribution in [0.5, 0.6) is 0 Å². The third-order valence-corrected chi connectivity index (χ3v) is 19.3. The average Bonchev–Trinajstić information content (AvgIpc) is 4.07. The SMILES string of the molecule is O=C(Nc1ccc(F)[c]([Ti]([C]2=CC=CC2)([C]2=CC=CC2)[c]2c(F)ccc(NC(=O)c3ccccc3CC3CCCO3)c2F)c1F)c1ccccc1CC1CCCO1. The van der Waals surface area contributed by atoms with Crippen LogP contribution in [0, 0.1) is 23.3 Å². The fourth-order valence-corrected chi connectivity index (χ4v) is 17.0. The van der Waals surface area contributed by atoms with Crippen LogP contribution in [0.1, 0.15) is 70.4 Å². The van der Waals surface area contributed by atoms with Gasteiger partial charge in [-0.25, -0.2) is 0 Å². The fraction of sp³-hybridized carbons (Fsp3) is 0.261. The van der Waals surface area contributed by atoms with Crippen LogP contribution >= 0.6 is 0 Å². The van der Waals surface area contributed by atoms with E-state index >= 15 is 17.6 Å². The summed E-state index contributed by atoms with van der Waals surface area (Å²) >= 11 is -5.30. The zero-order valence-corrected chi connectivity index (χ0v) is 32.8. The molecule has 2 aliphatic heterocycles. The van der Waals surface area contributed by atoms with Gasteiger partial charge in [0.1, 0.15) is 0 Å². The molecule has 8 rings (SSSR count). The van der Waals surface area contributed by atoms with Gasteiger partial charge in [-0.1, -0.05) is 0 Å². The van der Waals surface area contributed by atoms with Crippen LogP contribution < -0.4 is 18.4 Å². The maximum absolute atomic E-state index is 17.5. The summed E-state index contributed by atoms with van der Waals surface area (Å²) in [5, 5.41) is 5.33. The summed E-state index contributed by atoms with van der Waals surface area (Å²) in [6, 6.07) is 18.3. The van der Waals surface area contributed by atoms with E-state index in [2.05, 4.69) is 10.6 Å². The van der Waals surface area contributed by atoms with E-state index in [1.54, 1.807) is 60.7 Å². The molecule has 57 heavy (non-hydrogen) atoms. The Balaban J connectivity index is 1.22. The minimum absolute atomic E-state index is 0.0463. The second-order valence-electron chi connectivity index (χ2n) is 14.9. The molecule has 2 atom stereocenters. The Labute approximate surface area is 332 Å². The van der Waals surface area contributed by atoms with E-state index in [-0.39, 0.29) is 36.4 Å². The predicted molar refractivity (Wildman–Crippen MR) is 210 cm³/mol. The van der Waals surface area contributed by atoms with Crippen LogP contribution in [0.4, 0.5) is 28.9 Å². The number of allylic oxidation sites excluding steroid dienone is 8. The standard InChI is InChI=1S/2C18H16F2NO2.2C5H5.Ti/c2*19-13-7-8-17(16(20)11-13)21-18(22)15-6-2-1-4-12(15)10-14-5-3-9-23-14;2*1-2-4-5-3-1;/h2*1-2,4,6-8,14H,3,5,9-10H2,(H,21,22);2*1-3H,4H2;. The number of amides is 2. The minimum atomic E-state index is -5.30. The fourth-order valence-electron chi connectivity index (χ4n) is 8.73. The third kappa shape index (κ3) is 7.64. The van der Waals surface area contributed by atoms with E-state index in [1.165, 1.54) is 0 Å². The number of rotatable bonds is 12. The Morgan fingerprint density at radius 3 is 1.44 bits per heavy atom. The molecule has 0 saturated carbocycles. The second kappa shape index (κ2) is 16.9. The Hall–Kier alpha value is -4.87. The van der Waals surface area contributed by atoms with Crippen molar-refractivity contribution in [1.82, 2.24) is 0 Å². The first kappa shape index (κ1) is 39.0. The van der Waals surface area contributed by atoms with Gasteiger partial charge in [-0.3, -0.25) is 0 Å². The first-order valence-corrected chi connectivity index (χ1v) is 22.6. The van der Waals surface area contributed by atoms with Gasteiger partial charge in [-0.2, -0.15) is 0 Å². The van der Waals surface area contributed by atoms with Crippen LogP contribution in [-0.4, -0.2) is 37.2 Å². The Kier molecular flexibility index (Phi) is 11.6. The van der Waals surface area contributed by atoms with E-state index in [1.807, 2.05) is 24.3 Å². The molecule has 2 fully saturated rings. The molecular weight excluding hydrogens is 768 g/mol. The Morgan fingerprint density at radius 2 is 1.05 bits per heavy atom. The number of ether oxygens (including phenoxy) is 2. The van der Waals surface area contributed by atoms with Gasteiger partial charge in [0.05, 0.1) is 0 Å². The number of benzene rings is 4. The van der Waals surface area contributed by atoms with Crippen molar-refractivity contribution in [3.63, 3.8) is 0 Å². The number of hydrogen-bond donors (Lipinski definition) is 2. The average molecular weight is 811 g/mol. The molecule has 0 bridgehead atoms. The summed E-state index contributed by atoms with van der Waals surface area (Å²) in [5.41, 5.74) is 1.44. The van der Waals surface area contributed by atoms with Crippen molar-refractivity contribution in [2.45, 2.75) is 63.6 Å². The van der Waals surface area contributed by atoms with Crippen molar-refractivity contribution in [3.8, 4) is 0 Å². The monoisotopic (exact) mass is 810 g/mol. The van der Waals surface area contributed by atoms with E-state index in [0.717, 1.165) is 61.1 Å². The van der Waals surface area contributed by atoms with Crippen molar-refractivity contribution in [3.05, 3.63) is 163 Å². The maximum atomic E-state index is 17.5. The van der Waals surface area contributed by atoms with Gasteiger partial charge in [0.2, 0.25) is 0 Å². The summed E-state index contributed by atoms with van der Waals surface area (Å²) in [5.74, 6) is -5.39. The molecule has 0 radical (unpaired) electrons. The molecule has 2 unspecified atom stereocenters. The first-order valence-electron chi connectivity index (χ1n) is 19.5. The molecule has 4 aromatic rings. The number of carbonyl (C=O) groups excluding carboxylic acids is 2. The summed E-state index contributed by atoms with van der Waals surface area (Å²) in [6.07, 6.45) is 15.3. The Bertz CT molecular complexity index is 2180. The van der Waals surface area contributed by atoms with Gasteiger partial charge in [0.25, 0.3) is 0 Å². The number of anilines is 2. The molecular formula is C46H42F4N2O4Ti. The second-order valence-corrected chi connectivity index (χ2v) is 20.8. The van der Waals surface area contributed by atoms with Crippen LogP contribution in [-0.2, 0) is 38.9 Å². The summed E-state index contributed by atoms with van der Waals surface area (Å²) in [7, 11) is 0. The van der Waals surface area contributed by atoms with Crippen LogP contribution in [0.2, 0.25) is 0 Å². The zero-order valence-electron chi connectivity index (χ0n) is 31.3. The van der Waals surface area contributed by atoms with Crippen molar-refractivity contribution < 1.29 is 53.2 Å².